The third-order valence-electron chi connectivity index (χ3n) is 2.98. The number of hydrogen-bond acceptors (Lipinski definition) is 5. The van der Waals surface area contributed by atoms with Crippen molar-refractivity contribution >= 4 is 11.3 Å². The molecule has 0 aliphatic carbocycles. The van der Waals surface area contributed by atoms with Crippen molar-refractivity contribution in [3.63, 3.8) is 0 Å². The minimum atomic E-state index is 0.109. The maximum absolute atomic E-state index is 5.64. The number of thiophene rings is 1. The van der Waals surface area contributed by atoms with Gasteiger partial charge in [-0.2, -0.15) is 0 Å². The molecule has 102 valence electrons. The number of ether oxygens (including phenoxy) is 2. The van der Waals surface area contributed by atoms with E-state index in [1.165, 1.54) is 4.88 Å². The zero-order chi connectivity index (χ0) is 13.7. The Balaban J connectivity index is 2.18. The number of methoxy groups -OCH3 is 2. The highest BCUT2D eigenvalue weighted by Crippen LogP contribution is 2.30. The minimum Gasteiger partial charge on any atom is -0.493 e. The van der Waals surface area contributed by atoms with E-state index in [4.69, 9.17) is 15.3 Å². The normalized spacial score (nSPS) is 12.2. The van der Waals surface area contributed by atoms with Gasteiger partial charge in [0.15, 0.2) is 11.5 Å². The van der Waals surface area contributed by atoms with Gasteiger partial charge in [-0.3, -0.25) is 11.3 Å². The lowest BCUT2D eigenvalue weighted by atomic mass is 10.0. The van der Waals surface area contributed by atoms with Gasteiger partial charge in [-0.15, -0.1) is 11.3 Å². The predicted octanol–water partition coefficient (Wildman–Crippen LogP) is 2.51. The van der Waals surface area contributed by atoms with Crippen LogP contribution in [0.2, 0.25) is 0 Å². The summed E-state index contributed by atoms with van der Waals surface area (Å²) in [5.74, 6) is 7.11. The Morgan fingerprint density at radius 1 is 1.21 bits per heavy atom. The Hall–Kier alpha value is -1.56. The van der Waals surface area contributed by atoms with E-state index in [0.29, 0.717) is 0 Å². The van der Waals surface area contributed by atoms with E-state index in [0.717, 1.165) is 23.5 Å². The molecule has 0 bridgehead atoms. The van der Waals surface area contributed by atoms with E-state index in [9.17, 15) is 0 Å². The molecule has 0 aliphatic heterocycles. The summed E-state index contributed by atoms with van der Waals surface area (Å²) < 4.78 is 10.5. The zero-order valence-corrected chi connectivity index (χ0v) is 11.9. The first-order valence-electron chi connectivity index (χ1n) is 5.99. The molecule has 0 radical (unpaired) electrons. The molecule has 0 fully saturated rings. The van der Waals surface area contributed by atoms with Crippen molar-refractivity contribution in [3.05, 3.63) is 46.2 Å². The van der Waals surface area contributed by atoms with Gasteiger partial charge in [0.25, 0.3) is 0 Å². The molecule has 1 aromatic carbocycles. The molecule has 5 heteroatoms. The monoisotopic (exact) mass is 278 g/mol. The third-order valence-corrected chi connectivity index (χ3v) is 3.96. The van der Waals surface area contributed by atoms with Crippen molar-refractivity contribution in [2.24, 2.45) is 5.84 Å². The third kappa shape index (κ3) is 3.26. The number of rotatable bonds is 6. The lowest BCUT2D eigenvalue weighted by Crippen LogP contribution is -2.28. The van der Waals surface area contributed by atoms with E-state index < -0.39 is 0 Å². The van der Waals surface area contributed by atoms with Crippen molar-refractivity contribution in [2.45, 2.75) is 12.5 Å². The number of hydrogen-bond donors (Lipinski definition) is 2. The Morgan fingerprint density at radius 3 is 2.58 bits per heavy atom. The van der Waals surface area contributed by atoms with Crippen LogP contribution in [0.3, 0.4) is 0 Å². The molecular weight excluding hydrogens is 260 g/mol. The van der Waals surface area contributed by atoms with Crippen LogP contribution in [0, 0.1) is 0 Å². The first kappa shape index (κ1) is 13.9. The van der Waals surface area contributed by atoms with Gasteiger partial charge in [-0.1, -0.05) is 12.1 Å². The Bertz CT molecular complexity index is 514. The van der Waals surface area contributed by atoms with Crippen LogP contribution in [0.5, 0.6) is 11.5 Å². The van der Waals surface area contributed by atoms with Crippen molar-refractivity contribution in [1.82, 2.24) is 5.43 Å². The SMILES string of the molecule is COc1ccc(CC(NN)c2cccs2)cc1OC. The second-order valence-electron chi connectivity index (χ2n) is 4.13. The van der Waals surface area contributed by atoms with E-state index in [2.05, 4.69) is 11.5 Å². The van der Waals surface area contributed by atoms with Gasteiger partial charge >= 0.3 is 0 Å². The summed E-state index contributed by atoms with van der Waals surface area (Å²) in [6.07, 6.45) is 0.803. The number of benzene rings is 1. The van der Waals surface area contributed by atoms with Crippen LogP contribution < -0.4 is 20.7 Å². The van der Waals surface area contributed by atoms with E-state index in [1.54, 1.807) is 25.6 Å². The largest absolute Gasteiger partial charge is 0.493 e. The van der Waals surface area contributed by atoms with E-state index >= 15 is 0 Å². The van der Waals surface area contributed by atoms with Crippen molar-refractivity contribution in [1.29, 1.82) is 0 Å². The molecule has 2 rings (SSSR count). The average molecular weight is 278 g/mol. The van der Waals surface area contributed by atoms with Gasteiger partial charge in [0, 0.05) is 4.88 Å². The first-order valence-corrected chi connectivity index (χ1v) is 6.87. The summed E-state index contributed by atoms with van der Waals surface area (Å²) in [4.78, 5) is 1.22. The van der Waals surface area contributed by atoms with Crippen molar-refractivity contribution < 1.29 is 9.47 Å². The number of hydrazine groups is 1. The molecule has 1 heterocycles. The number of nitrogens with one attached hydrogen (secondary N) is 1. The lowest BCUT2D eigenvalue weighted by Gasteiger charge is -2.15. The molecule has 0 saturated carbocycles. The topological polar surface area (TPSA) is 56.5 Å². The highest BCUT2D eigenvalue weighted by molar-refractivity contribution is 7.10. The number of nitrogens with two attached hydrogens (primary N) is 1. The maximum Gasteiger partial charge on any atom is 0.160 e. The molecule has 19 heavy (non-hydrogen) atoms. The summed E-state index contributed by atoms with van der Waals surface area (Å²) in [6.45, 7) is 0. The van der Waals surface area contributed by atoms with Gasteiger partial charge in [-0.25, -0.2) is 0 Å². The van der Waals surface area contributed by atoms with Gasteiger partial charge in [-0.05, 0) is 35.6 Å². The van der Waals surface area contributed by atoms with Crippen LogP contribution in [0.25, 0.3) is 0 Å². The van der Waals surface area contributed by atoms with Gasteiger partial charge in [0.05, 0.1) is 20.3 Å². The second-order valence-corrected chi connectivity index (χ2v) is 5.11. The molecule has 1 atom stereocenters. The molecule has 1 unspecified atom stereocenters. The van der Waals surface area contributed by atoms with Crippen LogP contribution >= 0.6 is 11.3 Å². The molecular formula is C14H18N2O2S. The average Bonchev–Trinajstić information content (AvgIpc) is 2.98. The molecule has 0 amide bonds. The predicted molar refractivity (Wildman–Crippen MR) is 77.6 cm³/mol. The highest BCUT2D eigenvalue weighted by atomic mass is 32.1. The summed E-state index contributed by atoms with van der Waals surface area (Å²) in [6, 6.07) is 10.1. The summed E-state index contributed by atoms with van der Waals surface area (Å²) in [5, 5.41) is 2.05. The summed E-state index contributed by atoms with van der Waals surface area (Å²) in [5.41, 5.74) is 4.00. The van der Waals surface area contributed by atoms with Crippen LogP contribution in [-0.4, -0.2) is 14.2 Å². The van der Waals surface area contributed by atoms with Gasteiger partial charge < -0.3 is 9.47 Å². The molecule has 4 nitrogen and oxygen atoms in total. The molecule has 3 N–H and O–H groups in total. The Labute approximate surface area is 117 Å². The molecule has 2 aromatic rings. The molecule has 0 saturated heterocycles. The van der Waals surface area contributed by atoms with E-state index in [-0.39, 0.29) is 6.04 Å². The fourth-order valence-corrected chi connectivity index (χ4v) is 2.76. The second kappa shape index (κ2) is 6.56. The fraction of sp³-hybridized carbons (Fsp3) is 0.286. The maximum atomic E-state index is 5.64. The Morgan fingerprint density at radius 2 is 2.00 bits per heavy atom. The molecule has 1 aromatic heterocycles. The van der Waals surface area contributed by atoms with Gasteiger partial charge in [0.1, 0.15) is 0 Å². The highest BCUT2D eigenvalue weighted by Gasteiger charge is 2.13. The van der Waals surface area contributed by atoms with Crippen molar-refractivity contribution in [2.75, 3.05) is 14.2 Å². The van der Waals surface area contributed by atoms with Crippen LogP contribution in [0.1, 0.15) is 16.5 Å². The van der Waals surface area contributed by atoms with Crippen LogP contribution in [-0.2, 0) is 6.42 Å². The quantitative estimate of drug-likeness (QED) is 0.630. The molecule has 0 spiro atoms. The van der Waals surface area contributed by atoms with Gasteiger partial charge in [0.2, 0.25) is 0 Å². The van der Waals surface area contributed by atoms with E-state index in [1.807, 2.05) is 29.6 Å². The standard InChI is InChI=1S/C14H18N2O2S/c1-17-12-6-5-10(9-13(12)18-2)8-11(16-15)14-4-3-7-19-14/h3-7,9,11,16H,8,15H2,1-2H3. The Kier molecular flexibility index (Phi) is 4.79. The lowest BCUT2D eigenvalue weighted by molar-refractivity contribution is 0.354. The molecule has 0 aliphatic rings. The smallest absolute Gasteiger partial charge is 0.160 e. The van der Waals surface area contributed by atoms with Crippen LogP contribution in [0.4, 0.5) is 0 Å². The van der Waals surface area contributed by atoms with Crippen molar-refractivity contribution in [3.8, 4) is 11.5 Å². The summed E-state index contributed by atoms with van der Waals surface area (Å²) in [7, 11) is 3.27. The first-order chi connectivity index (χ1) is 9.28. The summed E-state index contributed by atoms with van der Waals surface area (Å²) >= 11 is 1.69. The zero-order valence-electron chi connectivity index (χ0n) is 11.1. The fourth-order valence-electron chi connectivity index (χ4n) is 1.97. The van der Waals surface area contributed by atoms with Crippen LogP contribution in [0.15, 0.2) is 35.7 Å². The minimum absolute atomic E-state index is 0.109.